The Bertz CT molecular complexity index is 702. The summed E-state index contributed by atoms with van der Waals surface area (Å²) in [6.45, 7) is 5.21. The van der Waals surface area contributed by atoms with Crippen molar-refractivity contribution in [2.75, 3.05) is 0 Å². The molecule has 0 unspecified atom stereocenters. The van der Waals surface area contributed by atoms with Crippen LogP contribution in [0.3, 0.4) is 0 Å². The van der Waals surface area contributed by atoms with Gasteiger partial charge in [0.05, 0.1) is 17.8 Å². The molecule has 1 aromatic rings. The summed E-state index contributed by atoms with van der Waals surface area (Å²) >= 11 is 0. The number of amidine groups is 1. The van der Waals surface area contributed by atoms with Crippen LogP contribution in [0.4, 0.5) is 4.39 Å². The predicted molar refractivity (Wildman–Crippen MR) is 84.1 cm³/mol. The number of carbonyl (C=O) groups is 1. The molecule has 0 saturated heterocycles. The number of nitrogens with one attached hydrogen (secondary N) is 1. The fourth-order valence-electron chi connectivity index (χ4n) is 1.75. The molecule has 6 heteroatoms. The molecule has 0 saturated carbocycles. The minimum absolute atomic E-state index is 0.00425. The van der Waals surface area contributed by atoms with Gasteiger partial charge in [0.1, 0.15) is 11.7 Å². The maximum Gasteiger partial charge on any atom is 0.256 e. The highest BCUT2D eigenvalue weighted by Crippen LogP contribution is 2.09. The highest BCUT2D eigenvalue weighted by molar-refractivity contribution is 6.18. The molecule has 1 amide bonds. The van der Waals surface area contributed by atoms with Gasteiger partial charge in [-0.25, -0.2) is 4.39 Å². The summed E-state index contributed by atoms with van der Waals surface area (Å²) in [6.07, 6.45) is 5.85. The highest BCUT2D eigenvalue weighted by atomic mass is 19.1. The molecular formula is C16H15FN4O. The smallest absolute Gasteiger partial charge is 0.256 e. The second-order valence-electron chi connectivity index (χ2n) is 4.49. The van der Waals surface area contributed by atoms with Gasteiger partial charge in [-0.15, -0.1) is 5.10 Å². The predicted octanol–water partition coefficient (Wildman–Crippen LogP) is 2.69. The molecule has 0 bridgehead atoms. The second-order valence-corrected chi connectivity index (χ2v) is 4.49. The van der Waals surface area contributed by atoms with Crippen molar-refractivity contribution < 1.29 is 9.18 Å². The molecular weight excluding hydrogens is 283 g/mol. The van der Waals surface area contributed by atoms with Crippen LogP contribution in [0.1, 0.15) is 19.0 Å². The maximum absolute atomic E-state index is 13.3. The van der Waals surface area contributed by atoms with E-state index in [0.717, 1.165) is 6.08 Å². The first-order valence-corrected chi connectivity index (χ1v) is 6.65. The lowest BCUT2D eigenvalue weighted by atomic mass is 10.1. The molecule has 0 fully saturated rings. The van der Waals surface area contributed by atoms with Crippen LogP contribution in [0, 0.1) is 0 Å². The van der Waals surface area contributed by atoms with Gasteiger partial charge >= 0.3 is 0 Å². The average Bonchev–Trinajstić information content (AvgIpc) is 2.96. The van der Waals surface area contributed by atoms with Gasteiger partial charge in [0.2, 0.25) is 0 Å². The monoisotopic (exact) mass is 298 g/mol. The number of hydrogen-bond donors (Lipinski definition) is 1. The molecule has 1 aliphatic heterocycles. The van der Waals surface area contributed by atoms with E-state index in [1.54, 1.807) is 19.2 Å². The minimum Gasteiger partial charge on any atom is -0.308 e. The van der Waals surface area contributed by atoms with Gasteiger partial charge in [0, 0.05) is 11.8 Å². The Morgan fingerprint density at radius 3 is 2.91 bits per heavy atom. The first-order chi connectivity index (χ1) is 10.6. The van der Waals surface area contributed by atoms with Crippen molar-refractivity contribution in [2.24, 2.45) is 10.2 Å². The largest absolute Gasteiger partial charge is 0.308 e. The zero-order chi connectivity index (χ0) is 15.9. The van der Waals surface area contributed by atoms with Crippen LogP contribution < -0.4 is 5.32 Å². The molecule has 0 spiro atoms. The molecule has 0 atom stereocenters. The van der Waals surface area contributed by atoms with Crippen molar-refractivity contribution in [2.45, 2.75) is 13.3 Å². The zero-order valence-electron chi connectivity index (χ0n) is 12.1. The highest BCUT2D eigenvalue weighted by Gasteiger charge is 2.18. The van der Waals surface area contributed by atoms with Gasteiger partial charge in [-0.05, 0) is 31.2 Å². The summed E-state index contributed by atoms with van der Waals surface area (Å²) in [7, 11) is 0. The summed E-state index contributed by atoms with van der Waals surface area (Å²) in [5.41, 5.74) is 1.37. The standard InChI is InChI=1S/C16H15FN4O/c1-3-6-12(17)9-11(2)16(22)19-15-10-14(20-21-15)13-7-4-5-8-18-13/h3-9H,2,10H2,1H3,(H,19,21,22)/b6-3-,12-9+. The fraction of sp³-hybridized carbons (Fsp3) is 0.125. The summed E-state index contributed by atoms with van der Waals surface area (Å²) in [6, 6.07) is 5.46. The third kappa shape index (κ3) is 4.05. The molecule has 1 N–H and O–H groups in total. The van der Waals surface area contributed by atoms with Gasteiger partial charge in [-0.3, -0.25) is 9.78 Å². The molecule has 0 radical (unpaired) electrons. The van der Waals surface area contributed by atoms with Crippen molar-refractivity contribution in [1.29, 1.82) is 0 Å². The van der Waals surface area contributed by atoms with Crippen LogP contribution in [0.5, 0.6) is 0 Å². The van der Waals surface area contributed by atoms with E-state index in [9.17, 15) is 9.18 Å². The van der Waals surface area contributed by atoms with Crippen molar-refractivity contribution >= 4 is 17.5 Å². The van der Waals surface area contributed by atoms with Gasteiger partial charge in [0.15, 0.2) is 0 Å². The van der Waals surface area contributed by atoms with E-state index in [-0.39, 0.29) is 5.57 Å². The lowest BCUT2D eigenvalue weighted by Gasteiger charge is -2.04. The van der Waals surface area contributed by atoms with Gasteiger partial charge in [-0.2, -0.15) is 5.10 Å². The van der Waals surface area contributed by atoms with Gasteiger partial charge in [0.25, 0.3) is 5.91 Å². The third-order valence-electron chi connectivity index (χ3n) is 2.77. The Kier molecular flexibility index (Phi) is 5.08. The molecule has 2 rings (SSSR count). The molecule has 0 aliphatic carbocycles. The molecule has 1 aromatic heterocycles. The Morgan fingerprint density at radius 2 is 2.23 bits per heavy atom. The van der Waals surface area contributed by atoms with Crippen LogP contribution in [-0.2, 0) is 4.79 Å². The minimum atomic E-state index is -0.540. The lowest BCUT2D eigenvalue weighted by molar-refractivity contribution is -0.115. The van der Waals surface area contributed by atoms with E-state index >= 15 is 0 Å². The summed E-state index contributed by atoms with van der Waals surface area (Å²) < 4.78 is 13.3. The molecule has 112 valence electrons. The molecule has 1 aliphatic rings. The number of carbonyl (C=O) groups excluding carboxylic acids is 1. The Hall–Kier alpha value is -2.89. The van der Waals surface area contributed by atoms with E-state index in [0.29, 0.717) is 23.7 Å². The molecule has 2 heterocycles. The third-order valence-corrected chi connectivity index (χ3v) is 2.77. The van der Waals surface area contributed by atoms with E-state index in [4.69, 9.17) is 0 Å². The first-order valence-electron chi connectivity index (χ1n) is 6.65. The molecule has 0 aromatic carbocycles. The van der Waals surface area contributed by atoms with Gasteiger partial charge in [-0.1, -0.05) is 18.7 Å². The summed E-state index contributed by atoms with van der Waals surface area (Å²) in [4.78, 5) is 16.1. The summed E-state index contributed by atoms with van der Waals surface area (Å²) in [5.74, 6) is -0.677. The Morgan fingerprint density at radius 1 is 1.41 bits per heavy atom. The van der Waals surface area contributed by atoms with Crippen LogP contribution in [0.25, 0.3) is 0 Å². The van der Waals surface area contributed by atoms with Crippen molar-refractivity contribution in [3.63, 3.8) is 0 Å². The number of pyridine rings is 1. The molecule has 22 heavy (non-hydrogen) atoms. The Labute approximate surface area is 127 Å². The number of rotatable bonds is 4. The SMILES string of the molecule is C=C(/C=C(F)\C=C/C)C(=O)NC1=NN=C(c2ccccn2)C1. The van der Waals surface area contributed by atoms with Crippen LogP contribution in [-0.4, -0.2) is 22.4 Å². The van der Waals surface area contributed by atoms with E-state index in [1.807, 2.05) is 12.1 Å². The lowest BCUT2D eigenvalue weighted by Crippen LogP contribution is -2.31. The van der Waals surface area contributed by atoms with E-state index in [1.165, 1.54) is 12.2 Å². The van der Waals surface area contributed by atoms with E-state index in [2.05, 4.69) is 27.1 Å². The number of hydrogen-bond acceptors (Lipinski definition) is 4. The number of nitrogens with zero attached hydrogens (tertiary/aromatic N) is 3. The second kappa shape index (κ2) is 7.21. The quantitative estimate of drug-likeness (QED) is 0.686. The normalized spacial score (nSPS) is 14.7. The van der Waals surface area contributed by atoms with Gasteiger partial charge < -0.3 is 5.32 Å². The Balaban J connectivity index is 1.93. The number of amides is 1. The van der Waals surface area contributed by atoms with Crippen molar-refractivity contribution in [3.05, 3.63) is 66.3 Å². The van der Waals surface area contributed by atoms with Crippen molar-refractivity contribution in [1.82, 2.24) is 10.3 Å². The van der Waals surface area contributed by atoms with Crippen LogP contribution >= 0.6 is 0 Å². The topological polar surface area (TPSA) is 66.7 Å². The maximum atomic E-state index is 13.3. The zero-order valence-corrected chi connectivity index (χ0v) is 12.1. The average molecular weight is 298 g/mol. The number of allylic oxidation sites excluding steroid dienone is 3. The number of halogens is 1. The first kappa shape index (κ1) is 15.5. The van der Waals surface area contributed by atoms with Crippen molar-refractivity contribution in [3.8, 4) is 0 Å². The number of aromatic nitrogens is 1. The summed E-state index contributed by atoms with van der Waals surface area (Å²) in [5, 5.41) is 10.4. The molecule has 5 nitrogen and oxygen atoms in total. The van der Waals surface area contributed by atoms with Crippen LogP contribution in [0.15, 0.2) is 70.8 Å². The van der Waals surface area contributed by atoms with Crippen LogP contribution in [0.2, 0.25) is 0 Å². The van der Waals surface area contributed by atoms with E-state index < -0.39 is 11.7 Å². The fourth-order valence-corrected chi connectivity index (χ4v) is 1.75.